The third-order valence-electron chi connectivity index (χ3n) is 3.34. The van der Waals surface area contributed by atoms with Gasteiger partial charge in [0.1, 0.15) is 0 Å². The highest BCUT2D eigenvalue weighted by Crippen LogP contribution is 2.30. The summed E-state index contributed by atoms with van der Waals surface area (Å²) < 4.78 is 5.19. The Kier molecular flexibility index (Phi) is 2.66. The van der Waals surface area contributed by atoms with Crippen molar-refractivity contribution >= 4 is 0 Å². The lowest BCUT2D eigenvalue weighted by atomic mass is 9.99. The fraction of sp³-hybridized carbons (Fsp3) is 1.00. The van der Waals surface area contributed by atoms with Crippen LogP contribution in [0, 0.1) is 0 Å². The van der Waals surface area contributed by atoms with Crippen molar-refractivity contribution in [3.05, 3.63) is 0 Å². The number of rotatable bonds is 3. The molecule has 2 fully saturated rings. The van der Waals surface area contributed by atoms with E-state index in [1.54, 1.807) is 0 Å². The SMILES string of the molecule is COCC1CCN1C1CCCC1. The van der Waals surface area contributed by atoms with Crippen LogP contribution in [0.25, 0.3) is 0 Å². The second kappa shape index (κ2) is 3.75. The summed E-state index contributed by atoms with van der Waals surface area (Å²) in [4.78, 5) is 2.65. The van der Waals surface area contributed by atoms with Crippen molar-refractivity contribution in [3.63, 3.8) is 0 Å². The molecule has 0 aromatic rings. The van der Waals surface area contributed by atoms with Crippen LogP contribution in [-0.4, -0.2) is 37.2 Å². The summed E-state index contributed by atoms with van der Waals surface area (Å²) in [5, 5.41) is 0. The lowest BCUT2D eigenvalue weighted by Crippen LogP contribution is -2.54. The molecule has 1 saturated carbocycles. The van der Waals surface area contributed by atoms with Crippen LogP contribution in [0.4, 0.5) is 0 Å². The maximum absolute atomic E-state index is 5.19. The highest BCUT2D eigenvalue weighted by molar-refractivity contribution is 4.89. The lowest BCUT2D eigenvalue weighted by molar-refractivity contribution is -0.00604. The normalized spacial score (nSPS) is 32.2. The number of nitrogens with zero attached hydrogens (tertiary/aromatic N) is 1. The van der Waals surface area contributed by atoms with Crippen molar-refractivity contribution in [3.8, 4) is 0 Å². The van der Waals surface area contributed by atoms with E-state index in [2.05, 4.69) is 4.90 Å². The predicted molar refractivity (Wildman–Crippen MR) is 49.2 cm³/mol. The van der Waals surface area contributed by atoms with Crippen LogP contribution in [0.3, 0.4) is 0 Å². The molecule has 1 heterocycles. The zero-order chi connectivity index (χ0) is 8.39. The average molecular weight is 169 g/mol. The molecule has 0 amide bonds. The highest BCUT2D eigenvalue weighted by Gasteiger charge is 2.34. The summed E-state index contributed by atoms with van der Waals surface area (Å²) in [5.74, 6) is 0. The topological polar surface area (TPSA) is 12.5 Å². The molecule has 70 valence electrons. The molecule has 1 aliphatic heterocycles. The summed E-state index contributed by atoms with van der Waals surface area (Å²) >= 11 is 0. The fourth-order valence-corrected chi connectivity index (χ4v) is 2.55. The van der Waals surface area contributed by atoms with E-state index in [-0.39, 0.29) is 0 Å². The van der Waals surface area contributed by atoms with Gasteiger partial charge in [0.2, 0.25) is 0 Å². The van der Waals surface area contributed by atoms with E-state index in [0.717, 1.165) is 18.7 Å². The van der Waals surface area contributed by atoms with Crippen LogP contribution in [0.15, 0.2) is 0 Å². The van der Waals surface area contributed by atoms with Gasteiger partial charge in [-0.05, 0) is 19.3 Å². The first kappa shape index (κ1) is 8.52. The number of likely N-dealkylation sites (tertiary alicyclic amines) is 1. The van der Waals surface area contributed by atoms with Gasteiger partial charge in [-0.2, -0.15) is 0 Å². The van der Waals surface area contributed by atoms with E-state index in [0.29, 0.717) is 0 Å². The molecule has 2 rings (SSSR count). The fourth-order valence-electron chi connectivity index (χ4n) is 2.55. The third kappa shape index (κ3) is 1.50. The number of hydrogen-bond acceptors (Lipinski definition) is 2. The molecule has 0 aromatic carbocycles. The minimum Gasteiger partial charge on any atom is -0.383 e. The molecule has 2 nitrogen and oxygen atoms in total. The predicted octanol–water partition coefficient (Wildman–Crippen LogP) is 1.65. The van der Waals surface area contributed by atoms with Gasteiger partial charge in [0.05, 0.1) is 6.61 Å². The van der Waals surface area contributed by atoms with Gasteiger partial charge in [-0.25, -0.2) is 0 Å². The quantitative estimate of drug-likeness (QED) is 0.637. The van der Waals surface area contributed by atoms with E-state index >= 15 is 0 Å². The molecular formula is C10H19NO. The van der Waals surface area contributed by atoms with Crippen LogP contribution < -0.4 is 0 Å². The molecule has 1 atom stereocenters. The Morgan fingerprint density at radius 3 is 2.50 bits per heavy atom. The molecule has 2 heteroatoms. The van der Waals surface area contributed by atoms with Crippen LogP contribution in [0.2, 0.25) is 0 Å². The van der Waals surface area contributed by atoms with Crippen LogP contribution >= 0.6 is 0 Å². The van der Waals surface area contributed by atoms with E-state index in [1.807, 2.05) is 7.11 Å². The Balaban J connectivity index is 1.79. The van der Waals surface area contributed by atoms with E-state index in [1.165, 1.54) is 38.6 Å². The monoisotopic (exact) mass is 169 g/mol. The van der Waals surface area contributed by atoms with Crippen LogP contribution in [-0.2, 0) is 4.74 Å². The lowest BCUT2D eigenvalue weighted by Gasteiger charge is -2.44. The maximum atomic E-state index is 5.19. The first-order valence-corrected chi connectivity index (χ1v) is 5.16. The smallest absolute Gasteiger partial charge is 0.0618 e. The minimum absolute atomic E-state index is 0.748. The van der Waals surface area contributed by atoms with Gasteiger partial charge >= 0.3 is 0 Å². The molecule has 12 heavy (non-hydrogen) atoms. The summed E-state index contributed by atoms with van der Waals surface area (Å²) in [6.45, 7) is 2.26. The van der Waals surface area contributed by atoms with Gasteiger partial charge in [0.15, 0.2) is 0 Å². The van der Waals surface area contributed by atoms with E-state index < -0.39 is 0 Å². The van der Waals surface area contributed by atoms with Crippen LogP contribution in [0.5, 0.6) is 0 Å². The highest BCUT2D eigenvalue weighted by atomic mass is 16.5. The molecule has 1 saturated heterocycles. The van der Waals surface area contributed by atoms with Crippen molar-refractivity contribution in [2.24, 2.45) is 0 Å². The van der Waals surface area contributed by atoms with Crippen molar-refractivity contribution < 1.29 is 4.74 Å². The van der Waals surface area contributed by atoms with Crippen molar-refractivity contribution in [2.45, 2.75) is 44.2 Å². The van der Waals surface area contributed by atoms with Gasteiger partial charge in [-0.1, -0.05) is 12.8 Å². The zero-order valence-electron chi connectivity index (χ0n) is 7.96. The first-order valence-electron chi connectivity index (χ1n) is 5.16. The van der Waals surface area contributed by atoms with Gasteiger partial charge < -0.3 is 4.74 Å². The molecular weight excluding hydrogens is 150 g/mol. The number of ether oxygens (including phenoxy) is 1. The van der Waals surface area contributed by atoms with Crippen molar-refractivity contribution in [2.75, 3.05) is 20.3 Å². The molecule has 0 bridgehead atoms. The van der Waals surface area contributed by atoms with Crippen molar-refractivity contribution in [1.82, 2.24) is 4.90 Å². The zero-order valence-corrected chi connectivity index (χ0v) is 7.96. The summed E-state index contributed by atoms with van der Waals surface area (Å²) in [6.07, 6.45) is 7.10. The number of methoxy groups -OCH3 is 1. The van der Waals surface area contributed by atoms with E-state index in [4.69, 9.17) is 4.74 Å². The summed E-state index contributed by atoms with van der Waals surface area (Å²) in [7, 11) is 1.81. The average Bonchev–Trinajstić information content (AvgIpc) is 2.51. The van der Waals surface area contributed by atoms with Gasteiger partial charge in [0.25, 0.3) is 0 Å². The molecule has 2 aliphatic rings. The molecule has 0 N–H and O–H groups in total. The van der Waals surface area contributed by atoms with Gasteiger partial charge in [-0.15, -0.1) is 0 Å². The Morgan fingerprint density at radius 1 is 1.25 bits per heavy atom. The second-order valence-corrected chi connectivity index (χ2v) is 4.07. The van der Waals surface area contributed by atoms with Crippen molar-refractivity contribution in [1.29, 1.82) is 0 Å². The van der Waals surface area contributed by atoms with E-state index in [9.17, 15) is 0 Å². The Hall–Kier alpha value is -0.0800. The molecule has 0 radical (unpaired) electrons. The van der Waals surface area contributed by atoms with Gasteiger partial charge in [-0.3, -0.25) is 4.90 Å². The minimum atomic E-state index is 0.748. The van der Waals surface area contributed by atoms with Crippen LogP contribution in [0.1, 0.15) is 32.1 Å². The number of hydrogen-bond donors (Lipinski definition) is 0. The molecule has 1 unspecified atom stereocenters. The molecule has 1 aliphatic carbocycles. The standard InChI is InChI=1S/C10H19NO/c1-12-8-10-6-7-11(10)9-4-2-3-5-9/h9-10H,2-8H2,1H3. The maximum Gasteiger partial charge on any atom is 0.0618 e. The Labute approximate surface area is 74.9 Å². The van der Waals surface area contributed by atoms with Gasteiger partial charge in [0, 0.05) is 25.7 Å². The summed E-state index contributed by atoms with van der Waals surface area (Å²) in [6, 6.07) is 1.65. The molecule has 0 aromatic heterocycles. The molecule has 0 spiro atoms. The largest absolute Gasteiger partial charge is 0.383 e. The Morgan fingerprint density at radius 2 is 2.00 bits per heavy atom. The third-order valence-corrected chi connectivity index (χ3v) is 3.34. The first-order chi connectivity index (χ1) is 5.92. The Bertz CT molecular complexity index is 143. The second-order valence-electron chi connectivity index (χ2n) is 4.07. The summed E-state index contributed by atoms with van der Waals surface area (Å²) in [5.41, 5.74) is 0.